The first kappa shape index (κ1) is 8.64. The molecule has 1 aromatic heterocycles. The molecule has 1 rings (SSSR count). The summed E-state index contributed by atoms with van der Waals surface area (Å²) >= 11 is 0. The van der Waals surface area contributed by atoms with E-state index in [2.05, 4.69) is 14.7 Å². The van der Waals surface area contributed by atoms with Crippen molar-refractivity contribution in [3.8, 4) is 5.88 Å². The molecule has 0 radical (unpaired) electrons. The van der Waals surface area contributed by atoms with Gasteiger partial charge in [0.2, 0.25) is 5.88 Å². The molecule has 0 amide bonds. The number of carbonyl (C=O) groups excluding carboxylic acids is 1. The molecule has 0 aromatic carbocycles. The van der Waals surface area contributed by atoms with Gasteiger partial charge in [0.15, 0.2) is 0 Å². The fraction of sp³-hybridized carbons (Fsp3) is 0.375. The zero-order valence-electron chi connectivity index (χ0n) is 7.02. The van der Waals surface area contributed by atoms with Crippen LogP contribution in [0.1, 0.15) is 25.5 Å². The summed E-state index contributed by atoms with van der Waals surface area (Å²) in [7, 11) is 0. The molecule has 12 heavy (non-hydrogen) atoms. The monoisotopic (exact) mass is 166 g/mol. The Labute approximate surface area is 70.6 Å². The number of ether oxygens (including phenoxy) is 1. The largest absolute Gasteiger partial charge is 0.408 e. The van der Waals surface area contributed by atoms with Gasteiger partial charge in [-0.25, -0.2) is 4.98 Å². The van der Waals surface area contributed by atoms with Crippen LogP contribution in [0.4, 0.5) is 0 Å². The van der Waals surface area contributed by atoms with E-state index >= 15 is 0 Å². The van der Waals surface area contributed by atoms with Gasteiger partial charge >= 0.3 is 0 Å². The van der Waals surface area contributed by atoms with Gasteiger partial charge in [0.1, 0.15) is 0 Å². The summed E-state index contributed by atoms with van der Waals surface area (Å²) in [5, 5.41) is 0. The maximum atomic E-state index is 9.90. The number of nitrogens with zero attached hydrogens (tertiary/aromatic N) is 2. The van der Waals surface area contributed by atoms with Crippen molar-refractivity contribution < 1.29 is 9.53 Å². The molecule has 0 aliphatic heterocycles. The van der Waals surface area contributed by atoms with E-state index in [-0.39, 0.29) is 5.88 Å². The van der Waals surface area contributed by atoms with Crippen LogP contribution < -0.4 is 4.74 Å². The topological polar surface area (TPSA) is 52.1 Å². The predicted octanol–water partition coefficient (Wildman–Crippen LogP) is 1.14. The summed E-state index contributed by atoms with van der Waals surface area (Å²) in [4.78, 5) is 17.8. The van der Waals surface area contributed by atoms with Gasteiger partial charge in [0.25, 0.3) is 6.47 Å². The van der Waals surface area contributed by atoms with Crippen LogP contribution in [0.5, 0.6) is 5.88 Å². The highest BCUT2D eigenvalue weighted by atomic mass is 16.5. The highest BCUT2D eigenvalue weighted by Gasteiger charge is 2.01. The van der Waals surface area contributed by atoms with Crippen molar-refractivity contribution in [3.05, 3.63) is 18.1 Å². The van der Waals surface area contributed by atoms with E-state index in [1.165, 1.54) is 6.20 Å². The molecule has 1 aromatic rings. The van der Waals surface area contributed by atoms with E-state index in [9.17, 15) is 4.79 Å². The summed E-state index contributed by atoms with van der Waals surface area (Å²) in [6, 6.07) is 0. The number of hydrogen-bond acceptors (Lipinski definition) is 4. The fourth-order valence-corrected chi connectivity index (χ4v) is 0.734. The highest BCUT2D eigenvalue weighted by molar-refractivity contribution is 5.42. The number of rotatable bonds is 3. The highest BCUT2D eigenvalue weighted by Crippen LogP contribution is 2.11. The standard InChI is InChI=1S/C8H10N2O2/c1-6(2)7-3-10-8(4-9-7)12-5-11/h3-6H,1-2H3. The molecular formula is C8H10N2O2. The van der Waals surface area contributed by atoms with Crippen molar-refractivity contribution in [2.75, 3.05) is 0 Å². The van der Waals surface area contributed by atoms with E-state index in [4.69, 9.17) is 0 Å². The lowest BCUT2D eigenvalue weighted by Gasteiger charge is -2.02. The molecule has 0 spiro atoms. The SMILES string of the molecule is CC(C)c1cnc(OC=O)cn1. The van der Waals surface area contributed by atoms with Crippen molar-refractivity contribution >= 4 is 6.47 Å². The molecule has 0 N–H and O–H groups in total. The molecule has 0 aliphatic rings. The average Bonchev–Trinajstić information content (AvgIpc) is 2.06. The van der Waals surface area contributed by atoms with Gasteiger partial charge in [-0.15, -0.1) is 0 Å². The van der Waals surface area contributed by atoms with Gasteiger partial charge in [-0.05, 0) is 5.92 Å². The van der Waals surface area contributed by atoms with Gasteiger partial charge in [-0.3, -0.25) is 9.78 Å². The second kappa shape index (κ2) is 3.80. The lowest BCUT2D eigenvalue weighted by molar-refractivity contribution is -0.120. The molecular weight excluding hydrogens is 156 g/mol. The smallest absolute Gasteiger partial charge is 0.299 e. The van der Waals surface area contributed by atoms with Crippen molar-refractivity contribution in [1.82, 2.24) is 9.97 Å². The quantitative estimate of drug-likeness (QED) is 0.632. The third kappa shape index (κ3) is 2.02. The van der Waals surface area contributed by atoms with Crippen molar-refractivity contribution in [2.24, 2.45) is 0 Å². The third-order valence-electron chi connectivity index (χ3n) is 1.41. The van der Waals surface area contributed by atoms with Gasteiger partial charge in [0, 0.05) is 0 Å². The van der Waals surface area contributed by atoms with Crippen LogP contribution in [0, 0.1) is 0 Å². The van der Waals surface area contributed by atoms with Crippen LogP contribution in [0.15, 0.2) is 12.4 Å². The molecule has 0 bridgehead atoms. The Kier molecular flexibility index (Phi) is 2.74. The zero-order chi connectivity index (χ0) is 8.97. The van der Waals surface area contributed by atoms with Gasteiger partial charge in [-0.2, -0.15) is 0 Å². The first-order chi connectivity index (χ1) is 5.74. The molecule has 0 fully saturated rings. The van der Waals surface area contributed by atoms with Crippen molar-refractivity contribution in [2.45, 2.75) is 19.8 Å². The van der Waals surface area contributed by atoms with Crippen LogP contribution >= 0.6 is 0 Å². The maximum Gasteiger partial charge on any atom is 0.299 e. The molecule has 64 valence electrons. The third-order valence-corrected chi connectivity index (χ3v) is 1.41. The normalized spacial score (nSPS) is 9.92. The minimum atomic E-state index is 0.231. The number of hydrogen-bond donors (Lipinski definition) is 0. The number of aromatic nitrogens is 2. The van der Waals surface area contributed by atoms with Crippen molar-refractivity contribution in [1.29, 1.82) is 0 Å². The molecule has 0 saturated carbocycles. The van der Waals surface area contributed by atoms with E-state index < -0.39 is 0 Å². The summed E-state index contributed by atoms with van der Waals surface area (Å²) < 4.78 is 4.49. The van der Waals surface area contributed by atoms with Crippen LogP contribution in [-0.2, 0) is 4.79 Å². The van der Waals surface area contributed by atoms with Crippen molar-refractivity contribution in [3.63, 3.8) is 0 Å². The molecule has 0 unspecified atom stereocenters. The maximum absolute atomic E-state index is 9.90. The molecule has 4 heteroatoms. The first-order valence-corrected chi connectivity index (χ1v) is 3.66. The predicted molar refractivity (Wildman–Crippen MR) is 42.8 cm³/mol. The molecule has 1 heterocycles. The Hall–Kier alpha value is -1.45. The Balaban J connectivity index is 2.78. The fourth-order valence-electron chi connectivity index (χ4n) is 0.734. The van der Waals surface area contributed by atoms with Crippen LogP contribution in [0.25, 0.3) is 0 Å². The zero-order valence-corrected chi connectivity index (χ0v) is 7.02. The second-order valence-electron chi connectivity index (χ2n) is 2.65. The molecule has 0 atom stereocenters. The Bertz CT molecular complexity index is 256. The molecule has 4 nitrogen and oxygen atoms in total. The summed E-state index contributed by atoms with van der Waals surface area (Å²) in [6.07, 6.45) is 3.03. The van der Waals surface area contributed by atoms with Crippen LogP contribution in [0.3, 0.4) is 0 Å². The lowest BCUT2D eigenvalue weighted by Crippen LogP contribution is -1.97. The summed E-state index contributed by atoms with van der Waals surface area (Å²) in [5.74, 6) is 0.567. The van der Waals surface area contributed by atoms with Crippen LogP contribution in [-0.4, -0.2) is 16.4 Å². The number of carbonyl (C=O) groups is 1. The lowest BCUT2D eigenvalue weighted by atomic mass is 10.1. The summed E-state index contributed by atoms with van der Waals surface area (Å²) in [6.45, 7) is 4.37. The van der Waals surface area contributed by atoms with E-state index in [0.717, 1.165) is 5.69 Å². The van der Waals surface area contributed by atoms with Crippen LogP contribution in [0.2, 0.25) is 0 Å². The van der Waals surface area contributed by atoms with Gasteiger partial charge in [-0.1, -0.05) is 13.8 Å². The van der Waals surface area contributed by atoms with E-state index in [1.54, 1.807) is 6.20 Å². The molecule has 0 saturated heterocycles. The Morgan fingerprint density at radius 2 is 2.17 bits per heavy atom. The van der Waals surface area contributed by atoms with E-state index in [0.29, 0.717) is 12.4 Å². The Morgan fingerprint density at radius 1 is 1.42 bits per heavy atom. The summed E-state index contributed by atoms with van der Waals surface area (Å²) in [5.41, 5.74) is 0.883. The van der Waals surface area contributed by atoms with E-state index in [1.807, 2.05) is 13.8 Å². The average molecular weight is 166 g/mol. The minimum Gasteiger partial charge on any atom is -0.408 e. The van der Waals surface area contributed by atoms with Gasteiger partial charge in [0.05, 0.1) is 18.1 Å². The first-order valence-electron chi connectivity index (χ1n) is 3.66. The van der Waals surface area contributed by atoms with Gasteiger partial charge < -0.3 is 4.74 Å². The Morgan fingerprint density at radius 3 is 2.58 bits per heavy atom. The second-order valence-corrected chi connectivity index (χ2v) is 2.65. The molecule has 0 aliphatic carbocycles. The minimum absolute atomic E-state index is 0.231.